The first kappa shape index (κ1) is 24.7. The lowest BCUT2D eigenvalue weighted by atomic mass is 9.92. The molecule has 2 heterocycles. The molecule has 8 heteroatoms. The Bertz CT molecular complexity index is 598. The molecule has 0 bridgehead atoms. The second kappa shape index (κ2) is 12.3. The average Bonchev–Trinajstić information content (AvgIpc) is 3.20. The predicted molar refractivity (Wildman–Crippen MR) is 124 cm³/mol. The number of amides is 1. The minimum absolute atomic E-state index is 0. The van der Waals surface area contributed by atoms with Crippen LogP contribution in [0.5, 0.6) is 0 Å². The zero-order valence-corrected chi connectivity index (χ0v) is 19.9. The highest BCUT2D eigenvalue weighted by atomic mass is 127. The van der Waals surface area contributed by atoms with E-state index in [0.717, 1.165) is 18.8 Å². The number of furan rings is 1. The van der Waals surface area contributed by atoms with Crippen molar-refractivity contribution in [3.8, 4) is 0 Å². The molecule has 7 nitrogen and oxygen atoms in total. The zero-order valence-electron chi connectivity index (χ0n) is 17.6. The van der Waals surface area contributed by atoms with Gasteiger partial charge in [-0.25, -0.2) is 0 Å². The first-order chi connectivity index (χ1) is 13.0. The Hall–Kier alpha value is -1.29. The fourth-order valence-electron chi connectivity index (χ4n) is 3.32. The molecule has 0 spiro atoms. The summed E-state index contributed by atoms with van der Waals surface area (Å²) in [5, 5.41) is 9.57. The van der Waals surface area contributed by atoms with Crippen LogP contribution in [-0.4, -0.2) is 56.5 Å². The number of aliphatic imine (C=N–C) groups is 1. The molecule has 1 aliphatic rings. The van der Waals surface area contributed by atoms with Crippen LogP contribution in [0, 0.1) is 5.41 Å². The number of hydrogen-bond acceptors (Lipinski definition) is 4. The van der Waals surface area contributed by atoms with Crippen LogP contribution < -0.4 is 16.0 Å². The molecule has 1 unspecified atom stereocenters. The quantitative estimate of drug-likeness (QED) is 0.288. The van der Waals surface area contributed by atoms with Crippen molar-refractivity contribution in [1.82, 2.24) is 20.9 Å². The van der Waals surface area contributed by atoms with Gasteiger partial charge in [0.25, 0.3) is 0 Å². The molecule has 1 aromatic heterocycles. The van der Waals surface area contributed by atoms with Gasteiger partial charge in [0.15, 0.2) is 5.96 Å². The number of carbonyl (C=O) groups excluding carboxylic acids is 1. The third-order valence-corrected chi connectivity index (χ3v) is 5.04. The second-order valence-electron chi connectivity index (χ2n) is 7.68. The van der Waals surface area contributed by atoms with E-state index in [1.165, 1.54) is 19.3 Å². The molecule has 3 N–H and O–H groups in total. The summed E-state index contributed by atoms with van der Waals surface area (Å²) >= 11 is 0. The highest BCUT2D eigenvalue weighted by molar-refractivity contribution is 14.0. The molecule has 0 aliphatic carbocycles. The number of rotatable bonds is 8. The Morgan fingerprint density at radius 1 is 1.25 bits per heavy atom. The van der Waals surface area contributed by atoms with E-state index in [2.05, 4.69) is 25.8 Å². The summed E-state index contributed by atoms with van der Waals surface area (Å²) in [6, 6.07) is 4.15. The van der Waals surface area contributed by atoms with Crippen molar-refractivity contribution in [2.45, 2.75) is 46.1 Å². The summed E-state index contributed by atoms with van der Waals surface area (Å²) in [7, 11) is 1.75. The highest BCUT2D eigenvalue weighted by Crippen LogP contribution is 2.24. The fourth-order valence-corrected chi connectivity index (χ4v) is 3.32. The van der Waals surface area contributed by atoms with Crippen molar-refractivity contribution in [1.29, 1.82) is 0 Å². The molecule has 1 aliphatic heterocycles. The number of nitrogens with zero attached hydrogens (tertiary/aromatic N) is 2. The monoisotopic (exact) mass is 505 g/mol. The van der Waals surface area contributed by atoms with Gasteiger partial charge in [-0.3, -0.25) is 14.7 Å². The highest BCUT2D eigenvalue weighted by Gasteiger charge is 2.28. The van der Waals surface area contributed by atoms with E-state index >= 15 is 0 Å². The van der Waals surface area contributed by atoms with Crippen LogP contribution in [0.4, 0.5) is 0 Å². The summed E-state index contributed by atoms with van der Waals surface area (Å²) in [6.45, 7) is 9.80. The van der Waals surface area contributed by atoms with Crippen LogP contribution in [0.1, 0.15) is 51.8 Å². The van der Waals surface area contributed by atoms with E-state index in [9.17, 15) is 4.79 Å². The van der Waals surface area contributed by atoms with E-state index in [-0.39, 0.29) is 35.9 Å². The number of halogens is 1. The molecular weight excluding hydrogens is 469 g/mol. The largest absolute Gasteiger partial charge is 0.468 e. The first-order valence-corrected chi connectivity index (χ1v) is 9.98. The second-order valence-corrected chi connectivity index (χ2v) is 7.68. The van der Waals surface area contributed by atoms with Gasteiger partial charge in [-0.2, -0.15) is 0 Å². The van der Waals surface area contributed by atoms with Crippen molar-refractivity contribution < 1.29 is 9.21 Å². The number of likely N-dealkylation sites (tertiary alicyclic amines) is 1. The Morgan fingerprint density at radius 3 is 2.54 bits per heavy atom. The van der Waals surface area contributed by atoms with Crippen molar-refractivity contribution in [3.05, 3.63) is 24.2 Å². The Balaban J connectivity index is 0.00000392. The van der Waals surface area contributed by atoms with Crippen LogP contribution >= 0.6 is 24.0 Å². The van der Waals surface area contributed by atoms with Crippen molar-refractivity contribution >= 4 is 35.8 Å². The zero-order chi connectivity index (χ0) is 19.7. The molecule has 1 aromatic rings. The molecule has 2 rings (SSSR count). The normalized spacial score (nSPS) is 16.8. The maximum absolute atomic E-state index is 12.2. The summed E-state index contributed by atoms with van der Waals surface area (Å²) in [4.78, 5) is 18.9. The summed E-state index contributed by atoms with van der Waals surface area (Å²) < 4.78 is 5.69. The molecule has 1 atom stereocenters. The van der Waals surface area contributed by atoms with Crippen LogP contribution in [0.25, 0.3) is 0 Å². The minimum Gasteiger partial charge on any atom is -0.468 e. The van der Waals surface area contributed by atoms with Crippen LogP contribution in [-0.2, 0) is 4.79 Å². The smallest absolute Gasteiger partial charge is 0.227 e. The lowest BCUT2D eigenvalue weighted by molar-refractivity contribution is -0.128. The maximum Gasteiger partial charge on any atom is 0.227 e. The van der Waals surface area contributed by atoms with E-state index < -0.39 is 5.41 Å². The number of hydrogen-bond donors (Lipinski definition) is 3. The van der Waals surface area contributed by atoms with Crippen LogP contribution in [0.2, 0.25) is 0 Å². The Morgan fingerprint density at radius 2 is 1.96 bits per heavy atom. The Labute approximate surface area is 186 Å². The average molecular weight is 505 g/mol. The molecule has 28 heavy (non-hydrogen) atoms. The lowest BCUT2D eigenvalue weighted by Gasteiger charge is -2.34. The molecule has 1 fully saturated rings. The molecule has 1 amide bonds. The standard InChI is InChI=1S/C20H35N5O2.HI/c1-5-22-18(26)20(2,3)15-24-19(21-4)23-14-16(17-10-9-13-27-17)25-11-7-6-8-12-25;/h9-10,13,16H,5-8,11-12,14-15H2,1-4H3,(H,22,26)(H2,21,23,24);1H. The molecule has 0 aromatic carbocycles. The van der Waals surface area contributed by atoms with Gasteiger partial charge in [-0.05, 0) is 58.8 Å². The molecule has 160 valence electrons. The summed E-state index contributed by atoms with van der Waals surface area (Å²) in [5.41, 5.74) is -0.513. The van der Waals surface area contributed by atoms with Gasteiger partial charge in [0, 0.05) is 26.7 Å². The van der Waals surface area contributed by atoms with E-state index in [1.807, 2.05) is 32.9 Å². The summed E-state index contributed by atoms with van der Waals surface area (Å²) in [5.74, 6) is 1.71. The first-order valence-electron chi connectivity index (χ1n) is 9.98. The van der Waals surface area contributed by atoms with E-state index in [0.29, 0.717) is 25.6 Å². The van der Waals surface area contributed by atoms with Gasteiger partial charge >= 0.3 is 0 Å². The molecule has 0 saturated carbocycles. The summed E-state index contributed by atoms with van der Waals surface area (Å²) in [6.07, 6.45) is 5.48. The number of carbonyl (C=O) groups is 1. The van der Waals surface area contributed by atoms with Gasteiger partial charge in [0.1, 0.15) is 5.76 Å². The van der Waals surface area contributed by atoms with Gasteiger partial charge in [0.2, 0.25) is 5.91 Å². The fraction of sp³-hybridized carbons (Fsp3) is 0.700. The minimum atomic E-state index is -0.513. The predicted octanol–water partition coefficient (Wildman–Crippen LogP) is 2.75. The van der Waals surface area contributed by atoms with E-state index in [1.54, 1.807) is 13.3 Å². The number of nitrogens with one attached hydrogen (secondary N) is 3. The maximum atomic E-state index is 12.2. The van der Waals surface area contributed by atoms with Gasteiger partial charge < -0.3 is 20.4 Å². The van der Waals surface area contributed by atoms with Crippen LogP contribution in [0.3, 0.4) is 0 Å². The Kier molecular flexibility index (Phi) is 10.9. The molecule has 1 saturated heterocycles. The number of guanidine groups is 1. The van der Waals surface area contributed by atoms with Crippen molar-refractivity contribution in [2.24, 2.45) is 10.4 Å². The van der Waals surface area contributed by atoms with Crippen LogP contribution in [0.15, 0.2) is 27.8 Å². The number of piperidine rings is 1. The molecular formula is C20H36IN5O2. The van der Waals surface area contributed by atoms with Crippen molar-refractivity contribution in [3.63, 3.8) is 0 Å². The molecule has 0 radical (unpaired) electrons. The lowest BCUT2D eigenvalue weighted by Crippen LogP contribution is -2.49. The van der Waals surface area contributed by atoms with Crippen molar-refractivity contribution in [2.75, 3.05) is 39.8 Å². The third-order valence-electron chi connectivity index (χ3n) is 5.04. The van der Waals surface area contributed by atoms with E-state index in [4.69, 9.17) is 4.42 Å². The van der Waals surface area contributed by atoms with Gasteiger partial charge in [-0.1, -0.05) is 6.42 Å². The SMILES string of the molecule is CCNC(=O)C(C)(C)CNC(=NC)NCC(c1ccco1)N1CCCCC1.I. The topological polar surface area (TPSA) is 81.9 Å². The van der Waals surface area contributed by atoms with Gasteiger partial charge in [0.05, 0.1) is 17.7 Å². The third kappa shape index (κ3) is 7.27. The van der Waals surface area contributed by atoms with Gasteiger partial charge in [-0.15, -0.1) is 24.0 Å².